The van der Waals surface area contributed by atoms with E-state index in [1.807, 2.05) is 67.0 Å². The second-order valence-electron chi connectivity index (χ2n) is 6.47. The number of carbonyl (C=O) groups is 1. The van der Waals surface area contributed by atoms with E-state index in [9.17, 15) is 4.79 Å². The lowest BCUT2D eigenvalue weighted by Crippen LogP contribution is -2.32. The summed E-state index contributed by atoms with van der Waals surface area (Å²) >= 11 is 3.39. The number of H-pyrrole nitrogens is 1. The quantitative estimate of drug-likeness (QED) is 0.399. The van der Waals surface area contributed by atoms with Crippen LogP contribution in [0.5, 0.6) is 0 Å². The second-order valence-corrected chi connectivity index (χ2v) is 7.39. The summed E-state index contributed by atoms with van der Waals surface area (Å²) in [6, 6.07) is 19.4. The average molecular weight is 435 g/mol. The van der Waals surface area contributed by atoms with E-state index in [1.54, 1.807) is 6.20 Å². The average Bonchev–Trinajstić information content (AvgIpc) is 3.15. The number of hydrogen-bond acceptors (Lipinski definition) is 2. The summed E-state index contributed by atoms with van der Waals surface area (Å²) in [5, 5.41) is 7.00. The highest BCUT2D eigenvalue weighted by atomic mass is 79.9. The van der Waals surface area contributed by atoms with Crippen LogP contribution in [0, 0.1) is 0 Å². The Kier molecular flexibility index (Phi) is 5.39. The highest BCUT2D eigenvalue weighted by Crippen LogP contribution is 2.30. The monoisotopic (exact) mass is 434 g/mol. The Morgan fingerprint density at radius 3 is 2.68 bits per heavy atom. The number of carbonyl (C=O) groups excluding carboxylic acids is 1. The number of aromatic nitrogens is 2. The van der Waals surface area contributed by atoms with Gasteiger partial charge in [0, 0.05) is 52.1 Å². The number of amides is 2. The third kappa shape index (κ3) is 4.07. The fourth-order valence-corrected chi connectivity index (χ4v) is 3.54. The van der Waals surface area contributed by atoms with Crippen molar-refractivity contribution in [3.05, 3.63) is 94.9 Å². The lowest BCUT2D eigenvalue weighted by Gasteiger charge is -2.18. The first-order valence-corrected chi connectivity index (χ1v) is 9.76. The summed E-state index contributed by atoms with van der Waals surface area (Å²) in [7, 11) is 0. The molecule has 0 aliphatic heterocycles. The van der Waals surface area contributed by atoms with Crippen LogP contribution in [0.3, 0.4) is 0 Å². The minimum absolute atomic E-state index is 0.0134. The van der Waals surface area contributed by atoms with Crippen LogP contribution in [-0.2, 0) is 0 Å². The highest BCUT2D eigenvalue weighted by Gasteiger charge is 2.19. The molecule has 0 saturated carbocycles. The van der Waals surface area contributed by atoms with E-state index in [4.69, 9.17) is 0 Å². The zero-order valence-corrected chi connectivity index (χ0v) is 16.6. The summed E-state index contributed by atoms with van der Waals surface area (Å²) in [6.07, 6.45) is 5.61. The molecule has 0 spiro atoms. The summed E-state index contributed by atoms with van der Waals surface area (Å²) in [4.78, 5) is 20.0. The Hall–Kier alpha value is -3.12. The SMILES string of the molecule is O=C(NC[C@@H](c1cccnc1)c1c[nH]c2ccccc12)Nc1ccc(Br)cc1. The summed E-state index contributed by atoms with van der Waals surface area (Å²) < 4.78 is 0.967. The summed E-state index contributed by atoms with van der Waals surface area (Å²) in [5.41, 5.74) is 4.00. The largest absolute Gasteiger partial charge is 0.361 e. The molecule has 1 atom stereocenters. The van der Waals surface area contributed by atoms with E-state index < -0.39 is 0 Å². The topological polar surface area (TPSA) is 69.8 Å². The van der Waals surface area contributed by atoms with Gasteiger partial charge in [0.05, 0.1) is 0 Å². The molecule has 2 amide bonds. The van der Waals surface area contributed by atoms with E-state index in [2.05, 4.69) is 42.6 Å². The van der Waals surface area contributed by atoms with Crippen molar-refractivity contribution in [1.82, 2.24) is 15.3 Å². The standard InChI is InChI=1S/C22H19BrN4O/c23-16-7-9-17(10-8-16)27-22(28)26-13-19(15-4-3-11-24-12-15)20-14-25-21-6-2-1-5-18(20)21/h1-12,14,19,25H,13H2,(H2,26,27,28)/t19-/m0/s1. The minimum atomic E-state index is -0.240. The van der Waals surface area contributed by atoms with Gasteiger partial charge in [0.25, 0.3) is 0 Å². The van der Waals surface area contributed by atoms with Gasteiger partial charge >= 0.3 is 6.03 Å². The maximum atomic E-state index is 12.4. The van der Waals surface area contributed by atoms with Crippen molar-refractivity contribution in [2.75, 3.05) is 11.9 Å². The van der Waals surface area contributed by atoms with Gasteiger partial charge in [0.15, 0.2) is 0 Å². The van der Waals surface area contributed by atoms with Gasteiger partial charge in [-0.2, -0.15) is 0 Å². The molecule has 0 aliphatic carbocycles. The molecule has 0 bridgehead atoms. The molecule has 4 aromatic rings. The van der Waals surface area contributed by atoms with Crippen LogP contribution in [0.2, 0.25) is 0 Å². The number of hydrogen-bond donors (Lipinski definition) is 3. The molecule has 2 heterocycles. The van der Waals surface area contributed by atoms with Gasteiger partial charge in [0.1, 0.15) is 0 Å². The molecule has 6 heteroatoms. The predicted molar refractivity (Wildman–Crippen MR) is 116 cm³/mol. The first-order valence-electron chi connectivity index (χ1n) is 8.97. The van der Waals surface area contributed by atoms with E-state index in [-0.39, 0.29) is 11.9 Å². The number of benzene rings is 2. The van der Waals surface area contributed by atoms with Crippen LogP contribution in [0.1, 0.15) is 17.0 Å². The highest BCUT2D eigenvalue weighted by molar-refractivity contribution is 9.10. The number of urea groups is 1. The molecule has 3 N–H and O–H groups in total. The lowest BCUT2D eigenvalue weighted by atomic mass is 9.92. The van der Waals surface area contributed by atoms with Gasteiger partial charge < -0.3 is 15.6 Å². The third-order valence-electron chi connectivity index (χ3n) is 4.65. The minimum Gasteiger partial charge on any atom is -0.361 e. The van der Waals surface area contributed by atoms with Crippen LogP contribution >= 0.6 is 15.9 Å². The molecule has 28 heavy (non-hydrogen) atoms. The molecule has 0 fully saturated rings. The second kappa shape index (κ2) is 8.27. The van der Waals surface area contributed by atoms with Crippen LogP contribution in [0.15, 0.2) is 83.7 Å². The van der Waals surface area contributed by atoms with Crippen LogP contribution in [-0.4, -0.2) is 22.5 Å². The maximum absolute atomic E-state index is 12.4. The Labute approximate surface area is 171 Å². The number of nitrogens with zero attached hydrogens (tertiary/aromatic N) is 1. The zero-order chi connectivity index (χ0) is 19.3. The van der Waals surface area contributed by atoms with Crippen molar-refractivity contribution >= 4 is 38.6 Å². The number of pyridine rings is 1. The van der Waals surface area contributed by atoms with Crippen LogP contribution < -0.4 is 10.6 Å². The number of halogens is 1. The first-order chi connectivity index (χ1) is 13.7. The number of anilines is 1. The summed E-state index contributed by atoms with van der Waals surface area (Å²) in [6.45, 7) is 0.454. The molecule has 0 unspecified atom stereocenters. The summed E-state index contributed by atoms with van der Waals surface area (Å²) in [5.74, 6) is -0.0134. The Bertz CT molecular complexity index is 1080. The molecule has 4 rings (SSSR count). The van der Waals surface area contributed by atoms with E-state index in [0.29, 0.717) is 6.54 Å². The predicted octanol–water partition coefficient (Wildman–Crippen LogP) is 5.28. The molecule has 2 aromatic carbocycles. The molecule has 0 aliphatic rings. The van der Waals surface area contributed by atoms with Crippen molar-refractivity contribution in [2.24, 2.45) is 0 Å². The Morgan fingerprint density at radius 2 is 1.89 bits per heavy atom. The normalized spacial score (nSPS) is 11.9. The van der Waals surface area contributed by atoms with Gasteiger partial charge in [-0.05, 0) is 47.5 Å². The molecule has 140 valence electrons. The molecule has 0 radical (unpaired) electrons. The molecular weight excluding hydrogens is 416 g/mol. The van der Waals surface area contributed by atoms with Crippen molar-refractivity contribution in [3.8, 4) is 0 Å². The van der Waals surface area contributed by atoms with E-state index in [0.717, 1.165) is 32.2 Å². The van der Waals surface area contributed by atoms with Gasteiger partial charge in [-0.15, -0.1) is 0 Å². The van der Waals surface area contributed by atoms with Crippen molar-refractivity contribution in [3.63, 3.8) is 0 Å². The molecular formula is C22H19BrN4O. The van der Waals surface area contributed by atoms with Gasteiger partial charge in [0.2, 0.25) is 0 Å². The number of nitrogens with one attached hydrogen (secondary N) is 3. The smallest absolute Gasteiger partial charge is 0.319 e. The molecule has 0 saturated heterocycles. The van der Waals surface area contributed by atoms with Crippen molar-refractivity contribution in [1.29, 1.82) is 0 Å². The molecule has 2 aromatic heterocycles. The number of para-hydroxylation sites is 1. The van der Waals surface area contributed by atoms with Gasteiger partial charge in [-0.1, -0.05) is 40.2 Å². The fraction of sp³-hybridized carbons (Fsp3) is 0.0909. The van der Waals surface area contributed by atoms with E-state index >= 15 is 0 Å². The van der Waals surface area contributed by atoms with Crippen molar-refractivity contribution < 1.29 is 4.79 Å². The molecule has 5 nitrogen and oxygen atoms in total. The Balaban J connectivity index is 1.55. The van der Waals surface area contributed by atoms with Crippen LogP contribution in [0.4, 0.5) is 10.5 Å². The first kappa shape index (κ1) is 18.3. The Morgan fingerprint density at radius 1 is 1.07 bits per heavy atom. The number of rotatable bonds is 5. The lowest BCUT2D eigenvalue weighted by molar-refractivity contribution is 0.252. The maximum Gasteiger partial charge on any atom is 0.319 e. The third-order valence-corrected chi connectivity index (χ3v) is 5.18. The number of fused-ring (bicyclic) bond motifs is 1. The van der Waals surface area contributed by atoms with Gasteiger partial charge in [-0.25, -0.2) is 4.79 Å². The van der Waals surface area contributed by atoms with Gasteiger partial charge in [-0.3, -0.25) is 4.98 Å². The number of aromatic amines is 1. The zero-order valence-electron chi connectivity index (χ0n) is 15.0. The van der Waals surface area contributed by atoms with Crippen molar-refractivity contribution in [2.45, 2.75) is 5.92 Å². The van der Waals surface area contributed by atoms with E-state index in [1.165, 1.54) is 0 Å². The fourth-order valence-electron chi connectivity index (χ4n) is 3.27. The van der Waals surface area contributed by atoms with Crippen LogP contribution in [0.25, 0.3) is 10.9 Å².